The Morgan fingerprint density at radius 3 is 2.63 bits per heavy atom. The predicted molar refractivity (Wildman–Crippen MR) is 71.7 cm³/mol. The Kier molecular flexibility index (Phi) is 5.27. The van der Waals surface area contributed by atoms with Crippen molar-refractivity contribution in [2.24, 2.45) is 5.92 Å². The second-order valence-corrected chi connectivity index (χ2v) is 4.03. The first kappa shape index (κ1) is 15.4. The van der Waals surface area contributed by atoms with Crippen LogP contribution in [0.25, 0.3) is 0 Å². The van der Waals surface area contributed by atoms with E-state index in [9.17, 15) is 9.18 Å². The molecule has 0 bridgehead atoms. The third-order valence-electron chi connectivity index (χ3n) is 2.73. The Morgan fingerprint density at radius 2 is 2.00 bits per heavy atom. The summed E-state index contributed by atoms with van der Waals surface area (Å²) in [6.07, 6.45) is 5.37. The molecule has 1 aliphatic carbocycles. The molecule has 0 amide bonds. The third-order valence-corrected chi connectivity index (χ3v) is 2.73. The summed E-state index contributed by atoms with van der Waals surface area (Å²) in [5, 5.41) is 8.97. The van der Waals surface area contributed by atoms with Gasteiger partial charge < -0.3 is 9.84 Å². The van der Waals surface area contributed by atoms with Crippen molar-refractivity contribution in [2.75, 3.05) is 0 Å². The fourth-order valence-corrected chi connectivity index (χ4v) is 1.75. The number of carboxylic acids is 1. The molecule has 5 heteroatoms. The molecule has 0 fully saturated rings. The van der Waals surface area contributed by atoms with Gasteiger partial charge in [0.15, 0.2) is 0 Å². The van der Waals surface area contributed by atoms with Crippen molar-refractivity contribution >= 4 is 18.4 Å². The minimum absolute atomic E-state index is 0. The second kappa shape index (κ2) is 6.50. The van der Waals surface area contributed by atoms with Gasteiger partial charge in [0.1, 0.15) is 5.92 Å². The van der Waals surface area contributed by atoms with Gasteiger partial charge in [-0.05, 0) is 11.6 Å². The SMILES string of the molecule is Cl.O=C(O)C1C=CC=CC1(F)OCc1ccccc1. The Labute approximate surface area is 116 Å². The number of carboxylic acid groups (broad SMARTS) is 1. The lowest BCUT2D eigenvalue weighted by atomic mass is 9.95. The molecule has 1 aromatic rings. The van der Waals surface area contributed by atoms with Gasteiger partial charge in [0.2, 0.25) is 5.85 Å². The van der Waals surface area contributed by atoms with E-state index in [4.69, 9.17) is 9.84 Å². The van der Waals surface area contributed by atoms with Crippen LogP contribution in [0, 0.1) is 5.92 Å². The van der Waals surface area contributed by atoms with E-state index in [1.807, 2.05) is 18.2 Å². The fraction of sp³-hybridized carbons (Fsp3) is 0.214. The van der Waals surface area contributed by atoms with Gasteiger partial charge in [0, 0.05) is 0 Å². The van der Waals surface area contributed by atoms with Crippen LogP contribution >= 0.6 is 12.4 Å². The largest absolute Gasteiger partial charge is 0.481 e. The number of benzene rings is 1. The van der Waals surface area contributed by atoms with Crippen molar-refractivity contribution in [3.8, 4) is 0 Å². The molecule has 1 aromatic carbocycles. The third kappa shape index (κ3) is 3.66. The maximum Gasteiger partial charge on any atom is 0.316 e. The number of ether oxygens (including phenoxy) is 1. The number of allylic oxidation sites excluding steroid dienone is 2. The first-order valence-electron chi connectivity index (χ1n) is 5.57. The lowest BCUT2D eigenvalue weighted by Gasteiger charge is -2.28. The molecule has 3 nitrogen and oxygen atoms in total. The Hall–Kier alpha value is -1.65. The minimum Gasteiger partial charge on any atom is -0.481 e. The number of halogens is 2. The minimum atomic E-state index is -2.30. The van der Waals surface area contributed by atoms with E-state index in [-0.39, 0.29) is 19.0 Å². The number of hydrogen-bond donors (Lipinski definition) is 1. The topological polar surface area (TPSA) is 46.5 Å². The van der Waals surface area contributed by atoms with Crippen molar-refractivity contribution in [1.29, 1.82) is 0 Å². The number of carbonyl (C=O) groups is 1. The molecule has 102 valence electrons. The molecule has 1 N–H and O–H groups in total. The molecule has 0 aliphatic heterocycles. The van der Waals surface area contributed by atoms with Crippen LogP contribution in [-0.4, -0.2) is 16.9 Å². The zero-order valence-corrected chi connectivity index (χ0v) is 10.8. The van der Waals surface area contributed by atoms with Gasteiger partial charge in [-0.25, -0.2) is 4.39 Å². The molecule has 0 aromatic heterocycles. The fourth-order valence-electron chi connectivity index (χ4n) is 1.75. The van der Waals surface area contributed by atoms with Crippen molar-refractivity contribution in [1.82, 2.24) is 0 Å². The maximum atomic E-state index is 14.4. The van der Waals surface area contributed by atoms with E-state index >= 15 is 0 Å². The second-order valence-electron chi connectivity index (χ2n) is 4.03. The monoisotopic (exact) mass is 284 g/mol. The normalized spacial score (nSPS) is 24.8. The van der Waals surface area contributed by atoms with Gasteiger partial charge in [-0.15, -0.1) is 12.4 Å². The van der Waals surface area contributed by atoms with Crippen LogP contribution in [-0.2, 0) is 16.1 Å². The number of aliphatic carboxylic acids is 1. The quantitative estimate of drug-likeness (QED) is 0.924. The van der Waals surface area contributed by atoms with Crippen LogP contribution in [0.15, 0.2) is 54.6 Å². The lowest BCUT2D eigenvalue weighted by Crippen LogP contribution is -2.39. The molecule has 0 saturated carbocycles. The van der Waals surface area contributed by atoms with Crippen LogP contribution in [0.5, 0.6) is 0 Å². The standard InChI is InChI=1S/C14H13FO3.ClH/c15-14(9-5-4-8-12(14)13(16)17)18-10-11-6-2-1-3-7-11;/h1-9,12H,10H2,(H,16,17);1H. The van der Waals surface area contributed by atoms with E-state index in [0.717, 1.165) is 11.6 Å². The number of hydrogen-bond acceptors (Lipinski definition) is 2. The van der Waals surface area contributed by atoms with Crippen molar-refractivity contribution in [3.63, 3.8) is 0 Å². The zero-order valence-electron chi connectivity index (χ0n) is 10.0. The average molecular weight is 285 g/mol. The van der Waals surface area contributed by atoms with Gasteiger partial charge in [-0.1, -0.05) is 48.6 Å². The first-order valence-corrected chi connectivity index (χ1v) is 5.57. The number of rotatable bonds is 4. The maximum absolute atomic E-state index is 14.4. The summed E-state index contributed by atoms with van der Waals surface area (Å²) in [5.74, 6) is -4.85. The average Bonchev–Trinajstić information content (AvgIpc) is 2.38. The molecule has 0 spiro atoms. The van der Waals surface area contributed by atoms with E-state index in [0.29, 0.717) is 0 Å². The van der Waals surface area contributed by atoms with Gasteiger partial charge in [0.05, 0.1) is 6.61 Å². The van der Waals surface area contributed by atoms with Gasteiger partial charge in [-0.3, -0.25) is 4.79 Å². The highest BCUT2D eigenvalue weighted by atomic mass is 35.5. The molecule has 2 unspecified atom stereocenters. The summed E-state index contributed by atoms with van der Waals surface area (Å²) < 4.78 is 19.6. The zero-order chi connectivity index (χ0) is 13.0. The molecule has 0 radical (unpaired) electrons. The highest BCUT2D eigenvalue weighted by Gasteiger charge is 2.42. The summed E-state index contributed by atoms with van der Waals surface area (Å²) in [4.78, 5) is 11.0. The molecular weight excluding hydrogens is 271 g/mol. The van der Waals surface area contributed by atoms with Crippen LogP contribution in [0.3, 0.4) is 0 Å². The highest BCUT2D eigenvalue weighted by Crippen LogP contribution is 2.31. The van der Waals surface area contributed by atoms with Gasteiger partial charge in [-0.2, -0.15) is 0 Å². The Bertz CT molecular complexity index is 487. The molecular formula is C14H14ClFO3. The van der Waals surface area contributed by atoms with E-state index in [1.54, 1.807) is 12.1 Å². The van der Waals surface area contributed by atoms with Gasteiger partial charge >= 0.3 is 5.97 Å². The smallest absolute Gasteiger partial charge is 0.316 e. The molecule has 2 rings (SSSR count). The predicted octanol–water partition coefficient (Wildman–Crippen LogP) is 3.12. The highest BCUT2D eigenvalue weighted by molar-refractivity contribution is 5.85. The Morgan fingerprint density at radius 1 is 1.32 bits per heavy atom. The molecule has 0 heterocycles. The van der Waals surface area contributed by atoms with Crippen LogP contribution in [0.1, 0.15) is 5.56 Å². The van der Waals surface area contributed by atoms with E-state index in [1.165, 1.54) is 18.2 Å². The molecule has 2 atom stereocenters. The Balaban J connectivity index is 0.00000180. The van der Waals surface area contributed by atoms with Crippen LogP contribution in [0.2, 0.25) is 0 Å². The summed E-state index contributed by atoms with van der Waals surface area (Å²) in [6.45, 7) is 0.0271. The van der Waals surface area contributed by atoms with E-state index in [2.05, 4.69) is 0 Å². The van der Waals surface area contributed by atoms with Crippen LogP contribution in [0.4, 0.5) is 4.39 Å². The molecule has 1 aliphatic rings. The molecule has 0 saturated heterocycles. The van der Waals surface area contributed by atoms with E-state index < -0.39 is 17.7 Å². The number of alkyl halides is 1. The van der Waals surface area contributed by atoms with Gasteiger partial charge in [0.25, 0.3) is 0 Å². The summed E-state index contributed by atoms with van der Waals surface area (Å²) in [6, 6.07) is 9.06. The summed E-state index contributed by atoms with van der Waals surface area (Å²) in [7, 11) is 0. The first-order chi connectivity index (χ1) is 8.62. The van der Waals surface area contributed by atoms with Crippen molar-refractivity contribution < 1.29 is 19.0 Å². The summed E-state index contributed by atoms with van der Waals surface area (Å²) in [5.41, 5.74) is 0.793. The van der Waals surface area contributed by atoms with Crippen LogP contribution < -0.4 is 0 Å². The lowest BCUT2D eigenvalue weighted by molar-refractivity contribution is -0.173. The summed E-state index contributed by atoms with van der Waals surface area (Å²) >= 11 is 0. The molecule has 19 heavy (non-hydrogen) atoms. The van der Waals surface area contributed by atoms with Crippen molar-refractivity contribution in [3.05, 3.63) is 60.2 Å². The van der Waals surface area contributed by atoms with Crippen molar-refractivity contribution in [2.45, 2.75) is 12.5 Å².